The van der Waals surface area contributed by atoms with E-state index in [9.17, 15) is 4.79 Å². The SMILES string of the molecule is O=C(/C=C/c1nc2ccccc2s1)Nc1ccc(OCc2ccccc2)cc1. The minimum Gasteiger partial charge on any atom is -0.489 e. The lowest BCUT2D eigenvalue weighted by atomic mass is 10.2. The number of fused-ring (bicyclic) bond motifs is 1. The van der Waals surface area contributed by atoms with E-state index in [2.05, 4.69) is 10.3 Å². The van der Waals surface area contributed by atoms with Crippen molar-refractivity contribution < 1.29 is 9.53 Å². The predicted molar refractivity (Wildman–Crippen MR) is 114 cm³/mol. The quantitative estimate of drug-likeness (QED) is 0.444. The van der Waals surface area contributed by atoms with Crippen molar-refractivity contribution in [2.24, 2.45) is 0 Å². The van der Waals surface area contributed by atoms with Crippen molar-refractivity contribution in [3.63, 3.8) is 0 Å². The van der Waals surface area contributed by atoms with E-state index in [-0.39, 0.29) is 5.91 Å². The van der Waals surface area contributed by atoms with Gasteiger partial charge in [0.15, 0.2) is 0 Å². The maximum atomic E-state index is 12.1. The number of hydrogen-bond donors (Lipinski definition) is 1. The van der Waals surface area contributed by atoms with E-state index in [0.29, 0.717) is 12.3 Å². The molecule has 28 heavy (non-hydrogen) atoms. The second-order valence-corrected chi connectivity index (χ2v) is 7.20. The molecule has 0 aliphatic carbocycles. The highest BCUT2D eigenvalue weighted by Crippen LogP contribution is 2.22. The lowest BCUT2D eigenvalue weighted by molar-refractivity contribution is -0.111. The Balaban J connectivity index is 1.32. The zero-order valence-electron chi connectivity index (χ0n) is 15.0. The Morgan fingerprint density at radius 1 is 0.964 bits per heavy atom. The van der Waals surface area contributed by atoms with Crippen molar-refractivity contribution in [1.82, 2.24) is 4.98 Å². The Labute approximate surface area is 167 Å². The van der Waals surface area contributed by atoms with E-state index >= 15 is 0 Å². The maximum absolute atomic E-state index is 12.1. The predicted octanol–water partition coefficient (Wildman–Crippen LogP) is 5.53. The van der Waals surface area contributed by atoms with Crippen molar-refractivity contribution in [3.8, 4) is 5.75 Å². The number of nitrogens with one attached hydrogen (secondary N) is 1. The summed E-state index contributed by atoms with van der Waals surface area (Å²) in [7, 11) is 0. The van der Waals surface area contributed by atoms with Crippen molar-refractivity contribution in [1.29, 1.82) is 0 Å². The van der Waals surface area contributed by atoms with Crippen LogP contribution in [0, 0.1) is 0 Å². The van der Waals surface area contributed by atoms with Crippen LogP contribution in [0.15, 0.2) is 84.9 Å². The number of carbonyl (C=O) groups excluding carboxylic acids is 1. The van der Waals surface area contributed by atoms with Gasteiger partial charge in [-0.25, -0.2) is 4.98 Å². The number of carbonyl (C=O) groups is 1. The molecule has 0 atom stereocenters. The summed E-state index contributed by atoms with van der Waals surface area (Å²) in [5.41, 5.74) is 2.77. The van der Waals surface area contributed by atoms with E-state index in [4.69, 9.17) is 4.74 Å². The second-order valence-electron chi connectivity index (χ2n) is 6.14. The molecule has 1 amide bonds. The lowest BCUT2D eigenvalue weighted by Crippen LogP contribution is -2.07. The summed E-state index contributed by atoms with van der Waals surface area (Å²) >= 11 is 1.56. The van der Waals surface area contributed by atoms with Gasteiger partial charge in [-0.05, 0) is 48.0 Å². The van der Waals surface area contributed by atoms with Gasteiger partial charge in [0, 0.05) is 11.8 Å². The Hall–Kier alpha value is -3.44. The van der Waals surface area contributed by atoms with Crippen LogP contribution in [0.4, 0.5) is 5.69 Å². The van der Waals surface area contributed by atoms with Gasteiger partial charge in [-0.15, -0.1) is 11.3 Å². The number of aromatic nitrogens is 1. The molecule has 1 heterocycles. The number of thiazole rings is 1. The molecule has 4 rings (SSSR count). The summed E-state index contributed by atoms with van der Waals surface area (Å²) in [5.74, 6) is 0.559. The van der Waals surface area contributed by atoms with Crippen LogP contribution in [0.1, 0.15) is 10.6 Å². The zero-order chi connectivity index (χ0) is 19.2. The lowest BCUT2D eigenvalue weighted by Gasteiger charge is -2.07. The third-order valence-electron chi connectivity index (χ3n) is 4.06. The number of benzene rings is 3. The molecule has 0 aliphatic rings. The molecular weight excluding hydrogens is 368 g/mol. The van der Waals surface area contributed by atoms with Gasteiger partial charge in [0.05, 0.1) is 10.2 Å². The minimum atomic E-state index is -0.197. The average molecular weight is 386 g/mol. The van der Waals surface area contributed by atoms with E-state index in [1.165, 1.54) is 6.08 Å². The third kappa shape index (κ3) is 4.64. The first kappa shape index (κ1) is 17.9. The molecule has 0 fully saturated rings. The number of anilines is 1. The number of nitrogens with zero attached hydrogens (tertiary/aromatic N) is 1. The number of rotatable bonds is 6. The third-order valence-corrected chi connectivity index (χ3v) is 5.06. The molecule has 4 aromatic rings. The maximum Gasteiger partial charge on any atom is 0.248 e. The molecule has 3 aromatic carbocycles. The summed E-state index contributed by atoms with van der Waals surface area (Å²) in [6, 6.07) is 25.2. The first-order valence-electron chi connectivity index (χ1n) is 8.88. The summed E-state index contributed by atoms with van der Waals surface area (Å²) in [5, 5.41) is 3.65. The first-order valence-corrected chi connectivity index (χ1v) is 9.69. The van der Waals surface area contributed by atoms with E-state index in [0.717, 1.165) is 26.5 Å². The number of ether oxygens (including phenoxy) is 1. The van der Waals surface area contributed by atoms with Crippen molar-refractivity contribution in [2.75, 3.05) is 5.32 Å². The fourth-order valence-electron chi connectivity index (χ4n) is 2.67. The van der Waals surface area contributed by atoms with Crippen LogP contribution in [0.3, 0.4) is 0 Å². The van der Waals surface area contributed by atoms with Gasteiger partial charge < -0.3 is 10.1 Å². The second kappa shape index (κ2) is 8.50. The molecule has 5 heteroatoms. The van der Waals surface area contributed by atoms with Crippen LogP contribution < -0.4 is 10.1 Å². The summed E-state index contributed by atoms with van der Waals surface area (Å²) in [6.07, 6.45) is 3.23. The van der Waals surface area contributed by atoms with E-state index in [1.54, 1.807) is 17.4 Å². The minimum absolute atomic E-state index is 0.197. The Morgan fingerprint density at radius 2 is 1.71 bits per heavy atom. The summed E-state index contributed by atoms with van der Waals surface area (Å²) in [6.45, 7) is 0.511. The van der Waals surface area contributed by atoms with Crippen LogP contribution in [0.5, 0.6) is 5.75 Å². The van der Waals surface area contributed by atoms with Crippen LogP contribution in [-0.2, 0) is 11.4 Å². The van der Waals surface area contributed by atoms with Crippen LogP contribution in [0.2, 0.25) is 0 Å². The van der Waals surface area contributed by atoms with Gasteiger partial charge in [0.2, 0.25) is 5.91 Å². The largest absolute Gasteiger partial charge is 0.489 e. The summed E-state index contributed by atoms with van der Waals surface area (Å²) in [4.78, 5) is 16.6. The Kier molecular flexibility index (Phi) is 5.45. The molecule has 0 bridgehead atoms. The van der Waals surface area contributed by atoms with Gasteiger partial charge in [-0.1, -0.05) is 42.5 Å². The van der Waals surface area contributed by atoms with Crippen LogP contribution in [-0.4, -0.2) is 10.9 Å². The van der Waals surface area contributed by atoms with Gasteiger partial charge in [0.25, 0.3) is 0 Å². The smallest absolute Gasteiger partial charge is 0.248 e. The highest BCUT2D eigenvalue weighted by molar-refractivity contribution is 7.19. The van der Waals surface area contributed by atoms with Gasteiger partial charge in [-0.3, -0.25) is 4.79 Å². The normalized spacial score (nSPS) is 11.0. The Morgan fingerprint density at radius 3 is 2.50 bits per heavy atom. The van der Waals surface area contributed by atoms with Crippen molar-refractivity contribution in [2.45, 2.75) is 6.61 Å². The van der Waals surface area contributed by atoms with Gasteiger partial charge in [0.1, 0.15) is 17.4 Å². The molecule has 0 radical (unpaired) electrons. The Bertz CT molecular complexity index is 1070. The zero-order valence-corrected chi connectivity index (χ0v) is 15.9. The monoisotopic (exact) mass is 386 g/mol. The molecule has 0 saturated carbocycles. The number of amides is 1. The average Bonchev–Trinajstić information content (AvgIpc) is 3.16. The van der Waals surface area contributed by atoms with E-state index < -0.39 is 0 Å². The molecule has 0 saturated heterocycles. The van der Waals surface area contributed by atoms with E-state index in [1.807, 2.05) is 78.9 Å². The fourth-order valence-corrected chi connectivity index (χ4v) is 3.54. The number of hydrogen-bond acceptors (Lipinski definition) is 4. The number of para-hydroxylation sites is 1. The highest BCUT2D eigenvalue weighted by atomic mass is 32.1. The van der Waals surface area contributed by atoms with Gasteiger partial charge >= 0.3 is 0 Å². The van der Waals surface area contributed by atoms with Crippen molar-refractivity contribution in [3.05, 3.63) is 95.5 Å². The molecular formula is C23H18N2O2S. The molecule has 0 spiro atoms. The molecule has 0 unspecified atom stereocenters. The standard InChI is InChI=1S/C23H18N2O2S/c26-22(14-15-23-25-20-8-4-5-9-21(20)28-23)24-18-10-12-19(13-11-18)27-16-17-6-2-1-3-7-17/h1-15H,16H2,(H,24,26)/b15-14+. The molecule has 138 valence electrons. The van der Waals surface area contributed by atoms with Crippen LogP contribution in [0.25, 0.3) is 16.3 Å². The molecule has 0 aliphatic heterocycles. The summed E-state index contributed by atoms with van der Waals surface area (Å²) < 4.78 is 6.86. The van der Waals surface area contributed by atoms with Gasteiger partial charge in [-0.2, -0.15) is 0 Å². The molecule has 1 N–H and O–H groups in total. The van der Waals surface area contributed by atoms with Crippen molar-refractivity contribution >= 4 is 39.2 Å². The highest BCUT2D eigenvalue weighted by Gasteiger charge is 2.02. The molecule has 4 nitrogen and oxygen atoms in total. The first-order chi connectivity index (χ1) is 13.8. The fraction of sp³-hybridized carbons (Fsp3) is 0.0435. The van der Waals surface area contributed by atoms with Crippen LogP contribution >= 0.6 is 11.3 Å². The topological polar surface area (TPSA) is 51.2 Å². The molecule has 1 aromatic heterocycles.